The van der Waals surface area contributed by atoms with Crippen LogP contribution in [0.4, 0.5) is 0 Å². The summed E-state index contributed by atoms with van der Waals surface area (Å²) in [5, 5.41) is 27.1. The van der Waals surface area contributed by atoms with Crippen molar-refractivity contribution in [2.45, 2.75) is 19.8 Å². The van der Waals surface area contributed by atoms with E-state index in [1.165, 1.54) is 0 Å². The highest BCUT2D eigenvalue weighted by Crippen LogP contribution is 2.26. The van der Waals surface area contributed by atoms with Crippen LogP contribution in [0.15, 0.2) is 12.1 Å². The lowest BCUT2D eigenvalue weighted by molar-refractivity contribution is -0.136. The second-order valence-electron chi connectivity index (χ2n) is 3.14. The molecule has 0 saturated heterocycles. The van der Waals surface area contributed by atoms with E-state index in [0.717, 1.165) is 5.56 Å². The third-order valence-electron chi connectivity index (χ3n) is 2.18. The zero-order chi connectivity index (χ0) is 11.4. The Morgan fingerprint density at radius 3 is 2.53 bits per heavy atom. The van der Waals surface area contributed by atoms with Gasteiger partial charge in [0, 0.05) is 5.56 Å². The predicted octanol–water partition coefficient (Wildman–Crippen LogP) is 1.45. The van der Waals surface area contributed by atoms with Crippen molar-refractivity contribution in [2.75, 3.05) is 0 Å². The Morgan fingerprint density at radius 1 is 1.47 bits per heavy atom. The molecule has 0 amide bonds. The average Bonchev–Trinajstić information content (AvgIpc) is 2.20. The lowest BCUT2D eigenvalue weighted by atomic mass is 9.99. The van der Waals surface area contributed by atoms with Crippen LogP contribution in [0.1, 0.15) is 23.6 Å². The summed E-state index contributed by atoms with van der Waals surface area (Å²) in [7, 11) is 0. The van der Waals surface area contributed by atoms with E-state index < -0.39 is 5.97 Å². The van der Waals surface area contributed by atoms with Gasteiger partial charge in [0.05, 0.1) is 12.0 Å². The molecule has 0 bridgehead atoms. The standard InChI is InChI=1S/C11H11NO3/c1-2-7-3-4-8(5-10(13)14)11(15)9(7)6-12/h3-4,15H,2,5H2,1H3,(H,13,14). The topological polar surface area (TPSA) is 81.3 Å². The van der Waals surface area contributed by atoms with Gasteiger partial charge in [-0.25, -0.2) is 0 Å². The van der Waals surface area contributed by atoms with Crippen molar-refractivity contribution < 1.29 is 15.0 Å². The number of carboxylic acids is 1. The molecule has 78 valence electrons. The number of rotatable bonds is 3. The third-order valence-corrected chi connectivity index (χ3v) is 2.18. The molecule has 0 spiro atoms. The van der Waals surface area contributed by atoms with Gasteiger partial charge in [-0.15, -0.1) is 0 Å². The number of phenols is 1. The molecular weight excluding hydrogens is 194 g/mol. The molecular formula is C11H11NO3. The van der Waals surface area contributed by atoms with E-state index >= 15 is 0 Å². The van der Waals surface area contributed by atoms with E-state index in [-0.39, 0.29) is 23.3 Å². The lowest BCUT2D eigenvalue weighted by Gasteiger charge is -2.07. The van der Waals surface area contributed by atoms with Crippen molar-refractivity contribution in [1.82, 2.24) is 0 Å². The van der Waals surface area contributed by atoms with Crippen molar-refractivity contribution >= 4 is 5.97 Å². The molecule has 0 radical (unpaired) electrons. The highest BCUT2D eigenvalue weighted by molar-refractivity contribution is 5.72. The second kappa shape index (κ2) is 4.47. The molecule has 1 aromatic carbocycles. The zero-order valence-electron chi connectivity index (χ0n) is 8.32. The molecule has 4 heteroatoms. The molecule has 1 rings (SSSR count). The highest BCUT2D eigenvalue weighted by Gasteiger charge is 2.13. The Bertz CT molecular complexity index is 432. The van der Waals surface area contributed by atoms with Crippen LogP contribution in [0, 0.1) is 11.3 Å². The van der Waals surface area contributed by atoms with Crippen molar-refractivity contribution in [2.24, 2.45) is 0 Å². The molecule has 0 fully saturated rings. The number of hydrogen-bond donors (Lipinski definition) is 2. The molecule has 0 unspecified atom stereocenters. The van der Waals surface area contributed by atoms with Gasteiger partial charge in [0.2, 0.25) is 0 Å². The van der Waals surface area contributed by atoms with Crippen LogP contribution >= 0.6 is 0 Å². The summed E-state index contributed by atoms with van der Waals surface area (Å²) in [6.07, 6.45) is 0.355. The van der Waals surface area contributed by atoms with E-state index in [1.807, 2.05) is 13.0 Å². The summed E-state index contributed by atoms with van der Waals surface area (Å²) in [5.74, 6) is -1.24. The lowest BCUT2D eigenvalue weighted by Crippen LogP contribution is -2.02. The Hall–Kier alpha value is -2.02. The van der Waals surface area contributed by atoms with Crippen LogP contribution < -0.4 is 0 Å². The van der Waals surface area contributed by atoms with Gasteiger partial charge >= 0.3 is 5.97 Å². The fourth-order valence-corrected chi connectivity index (χ4v) is 1.40. The van der Waals surface area contributed by atoms with E-state index in [0.29, 0.717) is 6.42 Å². The van der Waals surface area contributed by atoms with Crippen molar-refractivity contribution in [3.63, 3.8) is 0 Å². The minimum atomic E-state index is -1.03. The molecule has 2 N–H and O–H groups in total. The fraction of sp³-hybridized carbons (Fsp3) is 0.273. The average molecular weight is 205 g/mol. The summed E-state index contributed by atoms with van der Waals surface area (Å²) in [5.41, 5.74) is 1.18. The molecule has 0 saturated carbocycles. The molecule has 1 aromatic rings. The Balaban J connectivity index is 3.24. The largest absolute Gasteiger partial charge is 0.506 e. The molecule has 0 aliphatic rings. The maximum atomic E-state index is 10.5. The molecule has 0 atom stereocenters. The number of aromatic hydroxyl groups is 1. The summed E-state index contributed by atoms with van der Waals surface area (Å²) < 4.78 is 0. The number of hydrogen-bond acceptors (Lipinski definition) is 3. The summed E-state index contributed by atoms with van der Waals surface area (Å²) in [6.45, 7) is 1.87. The molecule has 0 aliphatic carbocycles. The number of aliphatic carboxylic acids is 1. The van der Waals surface area contributed by atoms with Crippen LogP contribution in [0.3, 0.4) is 0 Å². The van der Waals surface area contributed by atoms with E-state index in [2.05, 4.69) is 0 Å². The van der Waals surface area contributed by atoms with Gasteiger partial charge in [-0.2, -0.15) is 5.26 Å². The SMILES string of the molecule is CCc1ccc(CC(=O)O)c(O)c1C#N. The van der Waals surface area contributed by atoms with Crippen molar-refractivity contribution in [3.05, 3.63) is 28.8 Å². The summed E-state index contributed by atoms with van der Waals surface area (Å²) >= 11 is 0. The molecule has 0 aliphatic heterocycles. The molecule has 0 aromatic heterocycles. The zero-order valence-corrected chi connectivity index (χ0v) is 8.32. The van der Waals surface area contributed by atoms with Gasteiger partial charge in [0.1, 0.15) is 11.8 Å². The van der Waals surface area contributed by atoms with Crippen LogP contribution in [0.5, 0.6) is 5.75 Å². The Morgan fingerprint density at radius 2 is 2.07 bits per heavy atom. The quantitative estimate of drug-likeness (QED) is 0.782. The highest BCUT2D eigenvalue weighted by atomic mass is 16.4. The van der Waals surface area contributed by atoms with Gasteiger partial charge in [-0.05, 0) is 12.0 Å². The van der Waals surface area contributed by atoms with Gasteiger partial charge in [-0.1, -0.05) is 19.1 Å². The normalized spacial score (nSPS) is 9.60. The number of nitriles is 1. The number of benzene rings is 1. The van der Waals surface area contributed by atoms with Crippen LogP contribution in [-0.4, -0.2) is 16.2 Å². The van der Waals surface area contributed by atoms with Gasteiger partial charge in [0.15, 0.2) is 0 Å². The van der Waals surface area contributed by atoms with E-state index in [4.69, 9.17) is 10.4 Å². The third kappa shape index (κ3) is 2.26. The fourth-order valence-electron chi connectivity index (χ4n) is 1.40. The molecule has 15 heavy (non-hydrogen) atoms. The number of aryl methyl sites for hydroxylation is 1. The van der Waals surface area contributed by atoms with Gasteiger partial charge in [-0.3, -0.25) is 4.79 Å². The van der Waals surface area contributed by atoms with E-state index in [1.54, 1.807) is 12.1 Å². The maximum absolute atomic E-state index is 10.5. The smallest absolute Gasteiger partial charge is 0.307 e. The van der Waals surface area contributed by atoms with Crippen molar-refractivity contribution in [1.29, 1.82) is 5.26 Å². The predicted molar refractivity (Wildman–Crippen MR) is 53.5 cm³/mol. The minimum Gasteiger partial charge on any atom is -0.506 e. The first-order chi connectivity index (χ1) is 7.10. The number of carboxylic acid groups (broad SMARTS) is 1. The van der Waals surface area contributed by atoms with Gasteiger partial charge < -0.3 is 10.2 Å². The van der Waals surface area contributed by atoms with Crippen LogP contribution in [-0.2, 0) is 17.6 Å². The summed E-state index contributed by atoms with van der Waals surface area (Å²) in [6, 6.07) is 5.11. The first-order valence-corrected chi connectivity index (χ1v) is 4.55. The Labute approximate surface area is 87.4 Å². The number of carbonyl (C=O) groups is 1. The number of nitrogens with zero attached hydrogens (tertiary/aromatic N) is 1. The van der Waals surface area contributed by atoms with E-state index in [9.17, 15) is 9.90 Å². The second-order valence-corrected chi connectivity index (χ2v) is 3.14. The first kappa shape index (κ1) is 11.1. The maximum Gasteiger partial charge on any atom is 0.307 e. The van der Waals surface area contributed by atoms with Gasteiger partial charge in [0.25, 0.3) is 0 Å². The first-order valence-electron chi connectivity index (χ1n) is 4.55. The number of phenolic OH excluding ortho intramolecular Hbond substituents is 1. The van der Waals surface area contributed by atoms with Crippen LogP contribution in [0.2, 0.25) is 0 Å². The minimum absolute atomic E-state index is 0.177. The summed E-state index contributed by atoms with van der Waals surface area (Å²) in [4.78, 5) is 10.5. The molecule has 4 nitrogen and oxygen atoms in total. The van der Waals surface area contributed by atoms with Crippen molar-refractivity contribution in [3.8, 4) is 11.8 Å². The monoisotopic (exact) mass is 205 g/mol. The van der Waals surface area contributed by atoms with Crippen LogP contribution in [0.25, 0.3) is 0 Å². The Kier molecular flexibility index (Phi) is 3.29. The molecule has 0 heterocycles.